The SMILES string of the molecule is Nc1ncc(-c2ccc(-c3ccccc3SN3CCCC(O)C3)cc2F)cc1F. The molecule has 1 saturated heterocycles. The molecule has 1 unspecified atom stereocenters. The Labute approximate surface area is 172 Å². The number of rotatable bonds is 4. The van der Waals surface area contributed by atoms with Crippen molar-refractivity contribution < 1.29 is 13.9 Å². The van der Waals surface area contributed by atoms with E-state index in [0.29, 0.717) is 12.1 Å². The highest BCUT2D eigenvalue weighted by Gasteiger charge is 2.20. The summed E-state index contributed by atoms with van der Waals surface area (Å²) in [5.41, 5.74) is 7.65. The molecule has 0 radical (unpaired) electrons. The number of piperidine rings is 1. The maximum atomic E-state index is 14.9. The summed E-state index contributed by atoms with van der Waals surface area (Å²) in [5, 5.41) is 9.91. The summed E-state index contributed by atoms with van der Waals surface area (Å²) >= 11 is 1.58. The predicted molar refractivity (Wildman–Crippen MR) is 112 cm³/mol. The van der Waals surface area contributed by atoms with Crippen LogP contribution in [0.4, 0.5) is 14.6 Å². The molecule has 1 atom stereocenters. The highest BCUT2D eigenvalue weighted by atomic mass is 32.2. The van der Waals surface area contributed by atoms with Gasteiger partial charge in [0.2, 0.25) is 0 Å². The number of anilines is 1. The monoisotopic (exact) mass is 413 g/mol. The molecule has 0 aliphatic carbocycles. The zero-order valence-electron chi connectivity index (χ0n) is 15.7. The van der Waals surface area contributed by atoms with Crippen LogP contribution < -0.4 is 5.73 Å². The maximum Gasteiger partial charge on any atom is 0.165 e. The standard InChI is InChI=1S/C22H21F2N3OS/c23-19-10-14(7-8-17(19)15-11-20(24)22(25)26-12-15)18-5-1-2-6-21(18)29-27-9-3-4-16(28)13-27/h1-2,5-8,10-12,16,28H,3-4,9,13H2,(H2,25,26). The second kappa shape index (κ2) is 8.49. The third-order valence-electron chi connectivity index (χ3n) is 4.93. The Morgan fingerprint density at radius 3 is 2.59 bits per heavy atom. The van der Waals surface area contributed by atoms with Crippen molar-refractivity contribution in [3.8, 4) is 22.3 Å². The average molecular weight is 413 g/mol. The molecule has 4 rings (SSSR count). The Morgan fingerprint density at radius 1 is 1.03 bits per heavy atom. The second-order valence-corrected chi connectivity index (χ2v) is 8.20. The lowest BCUT2D eigenvalue weighted by Gasteiger charge is -2.29. The largest absolute Gasteiger partial charge is 0.392 e. The number of nitrogen functional groups attached to an aromatic ring is 1. The van der Waals surface area contributed by atoms with Crippen LogP contribution in [0.3, 0.4) is 0 Å². The number of hydrogen-bond donors (Lipinski definition) is 2. The molecule has 4 nitrogen and oxygen atoms in total. The Kier molecular flexibility index (Phi) is 5.80. The first kappa shape index (κ1) is 19.8. The van der Waals surface area contributed by atoms with Crippen LogP contribution in [0.5, 0.6) is 0 Å². The van der Waals surface area contributed by atoms with Crippen LogP contribution in [-0.4, -0.2) is 33.6 Å². The van der Waals surface area contributed by atoms with Crippen LogP contribution in [0, 0.1) is 11.6 Å². The summed E-state index contributed by atoms with van der Waals surface area (Å²) in [6.45, 7) is 1.51. The minimum atomic E-state index is -0.670. The molecule has 2 heterocycles. The van der Waals surface area contributed by atoms with E-state index in [1.807, 2.05) is 30.3 Å². The minimum absolute atomic E-state index is 0.209. The van der Waals surface area contributed by atoms with Gasteiger partial charge in [-0.3, -0.25) is 0 Å². The highest BCUT2D eigenvalue weighted by Crippen LogP contribution is 2.36. The quantitative estimate of drug-likeness (QED) is 0.605. The first-order chi connectivity index (χ1) is 14.0. The fourth-order valence-corrected chi connectivity index (χ4v) is 4.61. The van der Waals surface area contributed by atoms with E-state index in [-0.39, 0.29) is 17.5 Å². The molecule has 7 heteroatoms. The molecule has 29 heavy (non-hydrogen) atoms. The predicted octanol–water partition coefficient (Wildman–Crippen LogP) is 4.74. The van der Waals surface area contributed by atoms with Gasteiger partial charge in [0.05, 0.1) is 6.10 Å². The van der Waals surface area contributed by atoms with Gasteiger partial charge in [-0.15, -0.1) is 0 Å². The van der Waals surface area contributed by atoms with Crippen molar-refractivity contribution in [1.29, 1.82) is 0 Å². The van der Waals surface area contributed by atoms with Crippen LogP contribution in [0.2, 0.25) is 0 Å². The third-order valence-corrected chi connectivity index (χ3v) is 6.08. The van der Waals surface area contributed by atoms with Crippen molar-refractivity contribution in [3.05, 3.63) is 66.4 Å². The summed E-state index contributed by atoms with van der Waals surface area (Å²) in [6.07, 6.45) is 2.83. The minimum Gasteiger partial charge on any atom is -0.392 e. The van der Waals surface area contributed by atoms with Gasteiger partial charge in [0, 0.05) is 35.3 Å². The topological polar surface area (TPSA) is 62.4 Å². The van der Waals surface area contributed by atoms with Gasteiger partial charge in [-0.1, -0.05) is 30.3 Å². The van der Waals surface area contributed by atoms with E-state index in [4.69, 9.17) is 5.73 Å². The van der Waals surface area contributed by atoms with Crippen molar-refractivity contribution in [2.75, 3.05) is 18.8 Å². The van der Waals surface area contributed by atoms with E-state index >= 15 is 0 Å². The average Bonchev–Trinajstić information content (AvgIpc) is 2.71. The van der Waals surface area contributed by atoms with Gasteiger partial charge in [0.1, 0.15) is 5.82 Å². The summed E-state index contributed by atoms with van der Waals surface area (Å²) in [6, 6.07) is 13.9. The number of aromatic nitrogens is 1. The Bertz CT molecular complexity index is 1030. The Morgan fingerprint density at radius 2 is 1.83 bits per heavy atom. The molecule has 0 spiro atoms. The highest BCUT2D eigenvalue weighted by molar-refractivity contribution is 7.97. The molecule has 0 saturated carbocycles. The van der Waals surface area contributed by atoms with E-state index in [1.165, 1.54) is 18.3 Å². The summed E-state index contributed by atoms with van der Waals surface area (Å²) in [4.78, 5) is 4.76. The first-order valence-corrected chi connectivity index (χ1v) is 10.2. The second-order valence-electron chi connectivity index (χ2n) is 7.06. The van der Waals surface area contributed by atoms with Gasteiger partial charge in [-0.05, 0) is 54.1 Å². The Hall–Kier alpha value is -2.48. The van der Waals surface area contributed by atoms with Crippen LogP contribution in [0.25, 0.3) is 22.3 Å². The smallest absolute Gasteiger partial charge is 0.165 e. The lowest BCUT2D eigenvalue weighted by molar-refractivity contribution is 0.112. The number of nitrogens with two attached hydrogens (primary N) is 1. The molecular weight excluding hydrogens is 392 g/mol. The number of aliphatic hydroxyl groups is 1. The van der Waals surface area contributed by atoms with Crippen LogP contribution in [0.15, 0.2) is 59.6 Å². The van der Waals surface area contributed by atoms with Crippen LogP contribution in [-0.2, 0) is 0 Å². The van der Waals surface area contributed by atoms with Crippen molar-refractivity contribution in [2.45, 2.75) is 23.8 Å². The lowest BCUT2D eigenvalue weighted by Crippen LogP contribution is -2.33. The fraction of sp³-hybridized carbons (Fsp3) is 0.227. The zero-order chi connectivity index (χ0) is 20.4. The van der Waals surface area contributed by atoms with Gasteiger partial charge in [-0.2, -0.15) is 0 Å². The van der Waals surface area contributed by atoms with Crippen molar-refractivity contribution in [1.82, 2.24) is 9.29 Å². The molecule has 3 aromatic rings. The number of benzene rings is 2. The van der Waals surface area contributed by atoms with Crippen molar-refractivity contribution in [3.63, 3.8) is 0 Å². The van der Waals surface area contributed by atoms with Crippen LogP contribution >= 0.6 is 11.9 Å². The zero-order valence-corrected chi connectivity index (χ0v) is 16.5. The third kappa shape index (κ3) is 4.42. The maximum absolute atomic E-state index is 14.9. The fourth-order valence-electron chi connectivity index (χ4n) is 3.44. The molecule has 2 aromatic carbocycles. The van der Waals surface area contributed by atoms with Gasteiger partial charge in [0.25, 0.3) is 0 Å². The number of hydrogen-bond acceptors (Lipinski definition) is 5. The summed E-state index contributed by atoms with van der Waals surface area (Å²) in [5.74, 6) is -1.34. The van der Waals surface area contributed by atoms with Crippen molar-refractivity contribution >= 4 is 17.8 Å². The lowest BCUT2D eigenvalue weighted by atomic mass is 10.0. The summed E-state index contributed by atoms with van der Waals surface area (Å²) in [7, 11) is 0. The van der Waals surface area contributed by atoms with E-state index in [1.54, 1.807) is 18.0 Å². The Balaban J connectivity index is 1.63. The number of β-amino-alcohol motifs (C(OH)–C–C–N with tert-alkyl or cyclic N) is 1. The number of aliphatic hydroxyl groups excluding tert-OH is 1. The number of halogens is 2. The molecule has 1 aromatic heterocycles. The van der Waals surface area contributed by atoms with Crippen LogP contribution in [0.1, 0.15) is 12.8 Å². The van der Waals surface area contributed by atoms with Gasteiger partial charge >= 0.3 is 0 Å². The molecular formula is C22H21F2N3OS. The van der Waals surface area contributed by atoms with Gasteiger partial charge < -0.3 is 10.8 Å². The van der Waals surface area contributed by atoms with Crippen molar-refractivity contribution in [2.24, 2.45) is 0 Å². The number of nitrogens with zero attached hydrogens (tertiary/aromatic N) is 2. The molecule has 150 valence electrons. The molecule has 1 fully saturated rings. The van der Waals surface area contributed by atoms with E-state index in [0.717, 1.165) is 35.4 Å². The molecule has 0 amide bonds. The van der Waals surface area contributed by atoms with E-state index in [9.17, 15) is 13.9 Å². The van der Waals surface area contributed by atoms with E-state index < -0.39 is 11.6 Å². The number of pyridine rings is 1. The first-order valence-electron chi connectivity index (χ1n) is 9.42. The summed E-state index contributed by atoms with van der Waals surface area (Å²) < 4.78 is 30.7. The van der Waals surface area contributed by atoms with Gasteiger partial charge in [0.15, 0.2) is 11.6 Å². The van der Waals surface area contributed by atoms with Gasteiger partial charge in [-0.25, -0.2) is 18.1 Å². The molecule has 1 aliphatic heterocycles. The molecule has 1 aliphatic rings. The van der Waals surface area contributed by atoms with E-state index in [2.05, 4.69) is 9.29 Å². The normalized spacial score (nSPS) is 17.4. The molecule has 3 N–H and O–H groups in total. The molecule has 0 bridgehead atoms.